The van der Waals surface area contributed by atoms with E-state index in [9.17, 15) is 4.79 Å². The zero-order valence-electron chi connectivity index (χ0n) is 6.12. The first-order valence-electron chi connectivity index (χ1n) is 2.87. The monoisotopic (exact) mass is 173 g/mol. The summed E-state index contributed by atoms with van der Waals surface area (Å²) in [6.07, 6.45) is 0. The molecule has 1 aromatic heterocycles. The summed E-state index contributed by atoms with van der Waals surface area (Å²) in [6, 6.07) is 0. The molecular weight excluding hydrogens is 166 g/mol. The van der Waals surface area contributed by atoms with Crippen LogP contribution in [0, 0.1) is 4.77 Å². The number of ether oxygens (including phenoxy) is 1. The summed E-state index contributed by atoms with van der Waals surface area (Å²) in [5.74, 6) is -0.392. The van der Waals surface area contributed by atoms with E-state index < -0.39 is 5.97 Å². The van der Waals surface area contributed by atoms with Crippen LogP contribution in [0.3, 0.4) is 0 Å². The number of nitrogens with zero attached hydrogens (tertiary/aromatic N) is 2. The van der Waals surface area contributed by atoms with E-state index in [1.165, 1.54) is 11.8 Å². The van der Waals surface area contributed by atoms with Crippen molar-refractivity contribution in [2.45, 2.75) is 0 Å². The fourth-order valence-corrected chi connectivity index (χ4v) is 0.729. The van der Waals surface area contributed by atoms with E-state index in [-0.39, 0.29) is 5.82 Å². The molecule has 1 rings (SSSR count). The highest BCUT2D eigenvalue weighted by atomic mass is 32.1. The molecule has 1 N–H and O–H groups in total. The van der Waals surface area contributed by atoms with Gasteiger partial charge in [0.2, 0.25) is 5.82 Å². The van der Waals surface area contributed by atoms with Gasteiger partial charge in [0.1, 0.15) is 0 Å². The Hall–Kier alpha value is -1.17. The Morgan fingerprint density at radius 3 is 2.82 bits per heavy atom. The number of nitrogens with one attached hydrogen (secondary N) is 1. The first kappa shape index (κ1) is 7.93. The molecule has 1 aromatic rings. The van der Waals surface area contributed by atoms with E-state index in [4.69, 9.17) is 12.2 Å². The van der Waals surface area contributed by atoms with Gasteiger partial charge in [0.25, 0.3) is 0 Å². The Morgan fingerprint density at radius 1 is 1.82 bits per heavy atom. The topological polar surface area (TPSA) is 59.9 Å². The molecule has 0 saturated carbocycles. The number of aromatic nitrogens is 3. The predicted octanol–water partition coefficient (Wildman–Crippen LogP) is 0.264. The third-order valence-electron chi connectivity index (χ3n) is 1.15. The summed E-state index contributed by atoms with van der Waals surface area (Å²) in [7, 11) is 2.93. The summed E-state index contributed by atoms with van der Waals surface area (Å²) in [4.78, 5) is 13.4. The fourth-order valence-electron chi connectivity index (χ4n) is 0.591. The molecule has 0 amide bonds. The number of aromatic amines is 1. The van der Waals surface area contributed by atoms with Crippen molar-refractivity contribution < 1.29 is 9.53 Å². The van der Waals surface area contributed by atoms with Gasteiger partial charge in [-0.2, -0.15) is 0 Å². The minimum Gasteiger partial charge on any atom is -0.463 e. The zero-order valence-corrected chi connectivity index (χ0v) is 6.94. The van der Waals surface area contributed by atoms with Gasteiger partial charge >= 0.3 is 5.97 Å². The van der Waals surface area contributed by atoms with Gasteiger partial charge in [-0.15, -0.1) is 5.10 Å². The molecule has 0 aliphatic carbocycles. The van der Waals surface area contributed by atoms with Crippen molar-refractivity contribution in [1.82, 2.24) is 14.8 Å². The van der Waals surface area contributed by atoms with Crippen molar-refractivity contribution in [3.8, 4) is 0 Å². The Balaban J connectivity index is 3.07. The Bertz CT molecular complexity index is 327. The highest BCUT2D eigenvalue weighted by Crippen LogP contribution is 1.92. The number of methoxy groups -OCH3 is 1. The maximum absolute atomic E-state index is 10.8. The third-order valence-corrected chi connectivity index (χ3v) is 1.51. The highest BCUT2D eigenvalue weighted by molar-refractivity contribution is 7.71. The van der Waals surface area contributed by atoms with Gasteiger partial charge in [-0.3, -0.25) is 0 Å². The number of hydrogen-bond acceptors (Lipinski definition) is 4. The molecule has 11 heavy (non-hydrogen) atoms. The molecule has 0 unspecified atom stereocenters. The third kappa shape index (κ3) is 1.45. The molecule has 0 atom stereocenters. The van der Waals surface area contributed by atoms with Gasteiger partial charge in [-0.1, -0.05) is 0 Å². The van der Waals surface area contributed by atoms with Gasteiger partial charge in [0.05, 0.1) is 7.11 Å². The average Bonchev–Trinajstić information content (AvgIpc) is 2.31. The van der Waals surface area contributed by atoms with Crippen LogP contribution in [-0.2, 0) is 11.8 Å². The number of esters is 1. The van der Waals surface area contributed by atoms with Crippen LogP contribution < -0.4 is 0 Å². The second kappa shape index (κ2) is 2.83. The van der Waals surface area contributed by atoms with Crippen molar-refractivity contribution in [3.63, 3.8) is 0 Å². The van der Waals surface area contributed by atoms with Gasteiger partial charge in [0, 0.05) is 7.05 Å². The van der Waals surface area contributed by atoms with Crippen LogP contribution in [-0.4, -0.2) is 27.8 Å². The molecule has 0 aromatic carbocycles. The minimum absolute atomic E-state index is 0.125. The summed E-state index contributed by atoms with van der Waals surface area (Å²) in [5.41, 5.74) is 0. The van der Waals surface area contributed by atoms with Crippen molar-refractivity contribution in [3.05, 3.63) is 10.6 Å². The Kier molecular flexibility index (Phi) is 2.04. The predicted molar refractivity (Wildman–Crippen MR) is 39.7 cm³/mol. The van der Waals surface area contributed by atoms with Crippen LogP contribution in [0.15, 0.2) is 0 Å². The number of H-pyrrole nitrogens is 1. The molecule has 5 nitrogen and oxygen atoms in total. The second-order valence-electron chi connectivity index (χ2n) is 1.89. The summed E-state index contributed by atoms with van der Waals surface area (Å²) in [5, 5.41) is 3.76. The minimum atomic E-state index is -0.517. The Morgan fingerprint density at radius 2 is 2.45 bits per heavy atom. The average molecular weight is 173 g/mol. The number of aryl methyl sites for hydroxylation is 1. The molecule has 0 aliphatic heterocycles. The summed E-state index contributed by atoms with van der Waals surface area (Å²) >= 11 is 4.78. The van der Waals surface area contributed by atoms with Gasteiger partial charge in [-0.05, 0) is 12.2 Å². The molecule has 0 saturated heterocycles. The van der Waals surface area contributed by atoms with Crippen LogP contribution in [0.25, 0.3) is 0 Å². The van der Waals surface area contributed by atoms with Crippen molar-refractivity contribution in [2.24, 2.45) is 7.05 Å². The Labute approximate surface area is 68.0 Å². The van der Waals surface area contributed by atoms with E-state index >= 15 is 0 Å². The number of carbonyl (C=O) groups is 1. The van der Waals surface area contributed by atoms with Crippen LogP contribution in [0.1, 0.15) is 10.6 Å². The van der Waals surface area contributed by atoms with Gasteiger partial charge in [0.15, 0.2) is 4.77 Å². The normalized spacial score (nSPS) is 9.64. The lowest BCUT2D eigenvalue weighted by atomic mass is 10.6. The molecular formula is C5H7N3O2S. The van der Waals surface area contributed by atoms with Gasteiger partial charge < -0.3 is 9.72 Å². The number of carbonyl (C=O) groups excluding carboxylic acids is 1. The standard InChI is InChI=1S/C5H7N3O2S/c1-8-5(11)6-3(7-8)4(9)10-2/h1-2H3,(H,6,7,11). The lowest BCUT2D eigenvalue weighted by Gasteiger charge is -1.89. The van der Waals surface area contributed by atoms with E-state index in [2.05, 4.69) is 14.8 Å². The van der Waals surface area contributed by atoms with Crippen molar-refractivity contribution in [2.75, 3.05) is 7.11 Å². The SMILES string of the molecule is COC(=O)c1nn(C)c(=S)[nH]1. The van der Waals surface area contributed by atoms with Crippen LogP contribution in [0.5, 0.6) is 0 Å². The van der Waals surface area contributed by atoms with Crippen LogP contribution in [0.4, 0.5) is 0 Å². The summed E-state index contributed by atoms with van der Waals surface area (Å²) < 4.78 is 6.20. The van der Waals surface area contributed by atoms with E-state index in [1.54, 1.807) is 7.05 Å². The maximum Gasteiger partial charge on any atom is 0.375 e. The summed E-state index contributed by atoms with van der Waals surface area (Å²) in [6.45, 7) is 0. The number of rotatable bonds is 1. The van der Waals surface area contributed by atoms with Crippen molar-refractivity contribution >= 4 is 18.2 Å². The largest absolute Gasteiger partial charge is 0.463 e. The smallest absolute Gasteiger partial charge is 0.375 e. The van der Waals surface area contributed by atoms with E-state index in [1.807, 2.05) is 0 Å². The zero-order chi connectivity index (χ0) is 8.43. The molecule has 0 fully saturated rings. The first-order valence-corrected chi connectivity index (χ1v) is 3.27. The maximum atomic E-state index is 10.8. The first-order chi connectivity index (χ1) is 5.15. The quantitative estimate of drug-likeness (QED) is 0.489. The van der Waals surface area contributed by atoms with Gasteiger partial charge in [-0.25, -0.2) is 9.48 Å². The molecule has 0 spiro atoms. The van der Waals surface area contributed by atoms with Crippen molar-refractivity contribution in [1.29, 1.82) is 0 Å². The molecule has 0 bridgehead atoms. The molecule has 1 heterocycles. The lowest BCUT2D eigenvalue weighted by Crippen LogP contribution is -2.04. The molecule has 60 valence electrons. The fraction of sp³-hybridized carbons (Fsp3) is 0.400. The number of hydrogen-bond donors (Lipinski definition) is 1. The van der Waals surface area contributed by atoms with E-state index in [0.29, 0.717) is 4.77 Å². The van der Waals surface area contributed by atoms with Crippen LogP contribution in [0.2, 0.25) is 0 Å². The molecule has 0 radical (unpaired) electrons. The highest BCUT2D eigenvalue weighted by Gasteiger charge is 2.09. The second-order valence-corrected chi connectivity index (χ2v) is 2.28. The van der Waals surface area contributed by atoms with E-state index in [0.717, 1.165) is 0 Å². The molecule has 6 heteroatoms. The van der Waals surface area contributed by atoms with Crippen LogP contribution >= 0.6 is 12.2 Å². The molecule has 0 aliphatic rings. The lowest BCUT2D eigenvalue weighted by molar-refractivity contribution is 0.0586.